The van der Waals surface area contributed by atoms with Crippen molar-refractivity contribution < 1.29 is 14.7 Å². The Morgan fingerprint density at radius 2 is 2.24 bits per heavy atom. The molecule has 5 nitrogen and oxygen atoms in total. The van der Waals surface area contributed by atoms with Crippen LogP contribution in [0.3, 0.4) is 0 Å². The van der Waals surface area contributed by atoms with E-state index in [-0.39, 0.29) is 6.03 Å². The molecular weight excluding hydrogens is 220 g/mol. The first-order chi connectivity index (χ1) is 8.04. The summed E-state index contributed by atoms with van der Waals surface area (Å²) in [5.41, 5.74) is 0. The minimum atomic E-state index is -0.801. The van der Waals surface area contributed by atoms with Crippen molar-refractivity contribution in [2.45, 2.75) is 33.1 Å². The van der Waals surface area contributed by atoms with Crippen LogP contribution in [-0.4, -0.2) is 41.6 Å². The fourth-order valence-corrected chi connectivity index (χ4v) is 1.88. The lowest BCUT2D eigenvalue weighted by molar-refractivity contribution is -0.143. The average Bonchev–Trinajstić information content (AvgIpc) is 2.35. The maximum Gasteiger partial charge on any atom is 0.317 e. The second-order valence-corrected chi connectivity index (χ2v) is 4.82. The third-order valence-electron chi connectivity index (χ3n) is 3.36. The maximum atomic E-state index is 11.8. The first-order valence-corrected chi connectivity index (χ1v) is 6.30. The Labute approximate surface area is 102 Å². The van der Waals surface area contributed by atoms with Crippen LogP contribution in [0.4, 0.5) is 4.79 Å². The van der Waals surface area contributed by atoms with Crippen LogP contribution in [-0.2, 0) is 4.79 Å². The minimum Gasteiger partial charge on any atom is -0.481 e. The van der Waals surface area contributed by atoms with E-state index >= 15 is 0 Å². The summed E-state index contributed by atoms with van der Waals surface area (Å²) in [6, 6.07) is -0.128. The zero-order valence-electron chi connectivity index (χ0n) is 10.6. The van der Waals surface area contributed by atoms with Crippen LogP contribution in [0.15, 0.2) is 0 Å². The van der Waals surface area contributed by atoms with Gasteiger partial charge in [-0.05, 0) is 18.8 Å². The molecule has 0 radical (unpaired) electrons. The van der Waals surface area contributed by atoms with E-state index < -0.39 is 11.9 Å². The van der Waals surface area contributed by atoms with Crippen LogP contribution < -0.4 is 5.32 Å². The maximum absolute atomic E-state index is 11.8. The number of amides is 2. The standard InChI is InChI=1S/C12H22N2O3/c1-3-9(2)7-13-12(17)14-6-4-5-10(8-14)11(15)16/h9-10H,3-8H2,1-2H3,(H,13,17)(H,15,16). The molecule has 1 fully saturated rings. The number of likely N-dealkylation sites (tertiary alicyclic amines) is 1. The van der Waals surface area contributed by atoms with Gasteiger partial charge in [0, 0.05) is 19.6 Å². The smallest absolute Gasteiger partial charge is 0.317 e. The molecule has 0 aliphatic carbocycles. The van der Waals surface area contributed by atoms with Gasteiger partial charge in [0.05, 0.1) is 5.92 Å². The second kappa shape index (κ2) is 6.47. The zero-order chi connectivity index (χ0) is 12.8. The van der Waals surface area contributed by atoms with Crippen molar-refractivity contribution in [3.05, 3.63) is 0 Å². The van der Waals surface area contributed by atoms with Crippen LogP contribution in [0.25, 0.3) is 0 Å². The molecule has 2 N–H and O–H groups in total. The van der Waals surface area contributed by atoms with E-state index in [0.717, 1.165) is 12.8 Å². The van der Waals surface area contributed by atoms with E-state index in [9.17, 15) is 9.59 Å². The third-order valence-corrected chi connectivity index (χ3v) is 3.36. The highest BCUT2D eigenvalue weighted by molar-refractivity contribution is 5.76. The molecule has 1 aliphatic rings. The van der Waals surface area contributed by atoms with Crippen LogP contribution in [0.5, 0.6) is 0 Å². The number of carbonyl (C=O) groups is 2. The highest BCUT2D eigenvalue weighted by atomic mass is 16.4. The Morgan fingerprint density at radius 1 is 1.53 bits per heavy atom. The Bertz CT molecular complexity index is 281. The van der Waals surface area contributed by atoms with Gasteiger partial charge in [0.2, 0.25) is 0 Å². The molecule has 0 spiro atoms. The van der Waals surface area contributed by atoms with Crippen molar-refractivity contribution in [2.75, 3.05) is 19.6 Å². The summed E-state index contributed by atoms with van der Waals surface area (Å²) in [5.74, 6) is -0.749. The molecule has 5 heteroatoms. The molecule has 17 heavy (non-hydrogen) atoms. The molecule has 1 aliphatic heterocycles. The number of carboxylic acids is 1. The molecule has 2 unspecified atom stereocenters. The number of hydrogen-bond donors (Lipinski definition) is 2. The molecule has 2 amide bonds. The quantitative estimate of drug-likeness (QED) is 0.785. The van der Waals surface area contributed by atoms with Gasteiger partial charge in [-0.2, -0.15) is 0 Å². The molecule has 1 rings (SSSR count). The summed E-state index contributed by atoms with van der Waals surface area (Å²) >= 11 is 0. The number of carboxylic acid groups (broad SMARTS) is 1. The Hall–Kier alpha value is -1.26. The lowest BCUT2D eigenvalue weighted by atomic mass is 9.99. The monoisotopic (exact) mass is 242 g/mol. The predicted molar refractivity (Wildman–Crippen MR) is 64.8 cm³/mol. The average molecular weight is 242 g/mol. The molecule has 0 aromatic carbocycles. The molecule has 1 saturated heterocycles. The van der Waals surface area contributed by atoms with Crippen LogP contribution >= 0.6 is 0 Å². The Balaban J connectivity index is 2.38. The van der Waals surface area contributed by atoms with E-state index in [4.69, 9.17) is 5.11 Å². The number of nitrogens with one attached hydrogen (secondary N) is 1. The molecule has 0 saturated carbocycles. The summed E-state index contributed by atoms with van der Waals surface area (Å²) in [6.07, 6.45) is 2.47. The van der Waals surface area contributed by atoms with Gasteiger partial charge >= 0.3 is 12.0 Å². The largest absolute Gasteiger partial charge is 0.481 e. The van der Waals surface area contributed by atoms with E-state index in [1.54, 1.807) is 4.90 Å². The topological polar surface area (TPSA) is 69.6 Å². The Kier molecular flexibility index (Phi) is 5.25. The summed E-state index contributed by atoms with van der Waals surface area (Å²) in [6.45, 7) is 5.82. The zero-order valence-corrected chi connectivity index (χ0v) is 10.6. The third kappa shape index (κ3) is 4.24. The van der Waals surface area contributed by atoms with Crippen molar-refractivity contribution in [3.63, 3.8) is 0 Å². The van der Waals surface area contributed by atoms with Crippen molar-refractivity contribution >= 4 is 12.0 Å². The Morgan fingerprint density at radius 3 is 2.82 bits per heavy atom. The van der Waals surface area contributed by atoms with Gasteiger partial charge in [-0.25, -0.2) is 4.79 Å². The minimum absolute atomic E-state index is 0.128. The first kappa shape index (κ1) is 13.8. The van der Waals surface area contributed by atoms with Crippen molar-refractivity contribution in [3.8, 4) is 0 Å². The van der Waals surface area contributed by atoms with E-state index in [0.29, 0.717) is 32.0 Å². The second-order valence-electron chi connectivity index (χ2n) is 4.82. The summed E-state index contributed by atoms with van der Waals surface area (Å²) in [4.78, 5) is 24.3. The number of aliphatic carboxylic acids is 1. The number of urea groups is 1. The van der Waals surface area contributed by atoms with E-state index in [1.807, 2.05) is 0 Å². The number of rotatable bonds is 4. The predicted octanol–water partition coefficient (Wildman–Crippen LogP) is 1.54. The van der Waals surface area contributed by atoms with Gasteiger partial charge < -0.3 is 15.3 Å². The molecular formula is C12H22N2O3. The van der Waals surface area contributed by atoms with Crippen molar-refractivity contribution in [1.82, 2.24) is 10.2 Å². The fourth-order valence-electron chi connectivity index (χ4n) is 1.88. The molecule has 1 heterocycles. The van der Waals surface area contributed by atoms with Gasteiger partial charge in [-0.3, -0.25) is 4.79 Å². The molecule has 0 aromatic rings. The van der Waals surface area contributed by atoms with Gasteiger partial charge in [-0.1, -0.05) is 20.3 Å². The van der Waals surface area contributed by atoms with Crippen LogP contribution in [0.2, 0.25) is 0 Å². The van der Waals surface area contributed by atoms with E-state index in [1.165, 1.54) is 0 Å². The summed E-state index contributed by atoms with van der Waals surface area (Å²) < 4.78 is 0. The SMILES string of the molecule is CCC(C)CNC(=O)N1CCCC(C(=O)O)C1. The van der Waals surface area contributed by atoms with Crippen molar-refractivity contribution in [2.24, 2.45) is 11.8 Å². The lowest BCUT2D eigenvalue weighted by Crippen LogP contribution is -2.47. The van der Waals surface area contributed by atoms with E-state index in [2.05, 4.69) is 19.2 Å². The fraction of sp³-hybridized carbons (Fsp3) is 0.833. The van der Waals surface area contributed by atoms with Crippen molar-refractivity contribution in [1.29, 1.82) is 0 Å². The number of carbonyl (C=O) groups excluding carboxylic acids is 1. The number of piperidine rings is 1. The number of nitrogens with zero attached hydrogens (tertiary/aromatic N) is 1. The van der Waals surface area contributed by atoms with Gasteiger partial charge in [-0.15, -0.1) is 0 Å². The van der Waals surface area contributed by atoms with Gasteiger partial charge in [0.25, 0.3) is 0 Å². The van der Waals surface area contributed by atoms with Gasteiger partial charge in [0.15, 0.2) is 0 Å². The first-order valence-electron chi connectivity index (χ1n) is 6.30. The number of hydrogen-bond acceptors (Lipinski definition) is 2. The lowest BCUT2D eigenvalue weighted by Gasteiger charge is -2.31. The summed E-state index contributed by atoms with van der Waals surface area (Å²) in [7, 11) is 0. The summed E-state index contributed by atoms with van der Waals surface area (Å²) in [5, 5.41) is 11.8. The van der Waals surface area contributed by atoms with Gasteiger partial charge in [0.1, 0.15) is 0 Å². The highest BCUT2D eigenvalue weighted by Crippen LogP contribution is 2.16. The van der Waals surface area contributed by atoms with Crippen LogP contribution in [0.1, 0.15) is 33.1 Å². The molecule has 0 aromatic heterocycles. The molecule has 0 bridgehead atoms. The molecule has 98 valence electrons. The highest BCUT2D eigenvalue weighted by Gasteiger charge is 2.27. The van der Waals surface area contributed by atoms with Crippen LogP contribution in [0, 0.1) is 11.8 Å². The normalized spacial score (nSPS) is 22.0. The molecule has 2 atom stereocenters.